The monoisotopic (exact) mass is 383 g/mol. The van der Waals surface area contributed by atoms with E-state index in [1.165, 1.54) is 17.6 Å². The molecule has 1 unspecified atom stereocenters. The second-order valence-corrected chi connectivity index (χ2v) is 7.16. The topological polar surface area (TPSA) is 76.8 Å². The number of benzene rings is 1. The van der Waals surface area contributed by atoms with Crippen molar-refractivity contribution in [2.75, 3.05) is 20.2 Å². The first-order valence-electron chi connectivity index (χ1n) is 9.54. The zero-order valence-corrected chi connectivity index (χ0v) is 16.3. The van der Waals surface area contributed by atoms with Crippen molar-refractivity contribution in [1.29, 1.82) is 0 Å². The normalized spacial score (nSPS) is 16.2. The number of nitrogens with zero attached hydrogens (tertiary/aromatic N) is 1. The number of hydrogen-bond donors (Lipinski definition) is 0. The third-order valence-corrected chi connectivity index (χ3v) is 5.16. The van der Waals surface area contributed by atoms with Crippen LogP contribution in [0.2, 0.25) is 0 Å². The van der Waals surface area contributed by atoms with E-state index in [9.17, 15) is 14.4 Å². The van der Waals surface area contributed by atoms with E-state index in [1.807, 2.05) is 18.2 Å². The summed E-state index contributed by atoms with van der Waals surface area (Å²) in [6, 6.07) is 11.9. The molecule has 6 heteroatoms. The first-order valence-corrected chi connectivity index (χ1v) is 9.54. The number of carbonyl (C=O) groups is 2. The van der Waals surface area contributed by atoms with Crippen molar-refractivity contribution < 1.29 is 18.7 Å². The Labute approximate surface area is 164 Å². The third-order valence-electron chi connectivity index (χ3n) is 5.16. The Kier molecular flexibility index (Phi) is 6.29. The van der Waals surface area contributed by atoms with Crippen LogP contribution in [0.3, 0.4) is 0 Å². The molecule has 3 rings (SSSR count). The highest BCUT2D eigenvalue weighted by Crippen LogP contribution is 2.20. The lowest BCUT2D eigenvalue weighted by Gasteiger charge is -2.16. The van der Waals surface area contributed by atoms with Gasteiger partial charge in [-0.3, -0.25) is 9.59 Å². The molecular formula is C22H25NO5. The number of likely N-dealkylation sites (tertiary alicyclic amines) is 1. The molecule has 1 aliphatic heterocycles. The van der Waals surface area contributed by atoms with Crippen LogP contribution in [-0.4, -0.2) is 37.0 Å². The number of aryl methyl sites for hydroxylation is 3. The summed E-state index contributed by atoms with van der Waals surface area (Å²) in [7, 11) is 1.34. The van der Waals surface area contributed by atoms with E-state index in [4.69, 9.17) is 9.15 Å². The van der Waals surface area contributed by atoms with Crippen molar-refractivity contribution in [2.45, 2.75) is 32.6 Å². The van der Waals surface area contributed by atoms with Gasteiger partial charge in [-0.05, 0) is 43.4 Å². The number of amides is 1. The Balaban J connectivity index is 1.66. The van der Waals surface area contributed by atoms with Crippen LogP contribution in [0.15, 0.2) is 45.6 Å². The van der Waals surface area contributed by atoms with Crippen LogP contribution >= 0.6 is 0 Å². The van der Waals surface area contributed by atoms with Crippen LogP contribution < -0.4 is 5.63 Å². The lowest BCUT2D eigenvalue weighted by atomic mass is 10.1. The minimum Gasteiger partial charge on any atom is -0.469 e. The van der Waals surface area contributed by atoms with Gasteiger partial charge in [0.25, 0.3) is 5.91 Å². The van der Waals surface area contributed by atoms with Gasteiger partial charge in [-0.15, -0.1) is 0 Å². The van der Waals surface area contributed by atoms with Gasteiger partial charge < -0.3 is 14.1 Å². The van der Waals surface area contributed by atoms with E-state index in [2.05, 4.69) is 12.1 Å². The average molecular weight is 383 g/mol. The molecule has 1 aromatic heterocycles. The fraction of sp³-hybridized carbons (Fsp3) is 0.409. The zero-order chi connectivity index (χ0) is 20.1. The highest BCUT2D eigenvalue weighted by molar-refractivity contribution is 5.95. The van der Waals surface area contributed by atoms with Crippen LogP contribution in [-0.2, 0) is 22.4 Å². The minimum atomic E-state index is -0.610. The van der Waals surface area contributed by atoms with Crippen molar-refractivity contribution in [1.82, 2.24) is 4.90 Å². The molecule has 1 atom stereocenters. The van der Waals surface area contributed by atoms with Crippen LogP contribution in [0, 0.1) is 12.8 Å². The van der Waals surface area contributed by atoms with Crippen LogP contribution in [0.5, 0.6) is 0 Å². The molecule has 0 bridgehead atoms. The quantitative estimate of drug-likeness (QED) is 0.717. The summed E-state index contributed by atoms with van der Waals surface area (Å²) in [5, 5.41) is 0. The Morgan fingerprint density at radius 2 is 1.96 bits per heavy atom. The van der Waals surface area contributed by atoms with Crippen molar-refractivity contribution in [3.8, 4) is 0 Å². The zero-order valence-electron chi connectivity index (χ0n) is 16.3. The summed E-state index contributed by atoms with van der Waals surface area (Å²) >= 11 is 0. The summed E-state index contributed by atoms with van der Waals surface area (Å²) in [5.41, 5.74) is 1.29. The lowest BCUT2D eigenvalue weighted by molar-refractivity contribution is -0.144. The van der Waals surface area contributed by atoms with Gasteiger partial charge in [0.1, 0.15) is 11.3 Å². The fourth-order valence-corrected chi connectivity index (χ4v) is 3.63. The Morgan fingerprint density at radius 3 is 2.64 bits per heavy atom. The van der Waals surface area contributed by atoms with E-state index in [1.54, 1.807) is 13.0 Å². The minimum absolute atomic E-state index is 0.0531. The van der Waals surface area contributed by atoms with Gasteiger partial charge in [-0.2, -0.15) is 0 Å². The number of esters is 1. The first kappa shape index (κ1) is 19.9. The van der Waals surface area contributed by atoms with Crippen LogP contribution in [0.25, 0.3) is 0 Å². The summed E-state index contributed by atoms with van der Waals surface area (Å²) in [5.74, 6) is -0.455. The Morgan fingerprint density at radius 1 is 1.21 bits per heavy atom. The maximum atomic E-state index is 12.8. The average Bonchev–Trinajstić information content (AvgIpc) is 3.18. The molecule has 1 saturated heterocycles. The molecule has 2 aromatic rings. The third kappa shape index (κ3) is 4.50. The van der Waals surface area contributed by atoms with Gasteiger partial charge in [0, 0.05) is 19.5 Å². The van der Waals surface area contributed by atoms with E-state index in [0.717, 1.165) is 12.8 Å². The second-order valence-electron chi connectivity index (χ2n) is 7.16. The van der Waals surface area contributed by atoms with E-state index in [-0.39, 0.29) is 29.9 Å². The van der Waals surface area contributed by atoms with Gasteiger partial charge in [0.2, 0.25) is 0 Å². The van der Waals surface area contributed by atoms with E-state index < -0.39 is 5.63 Å². The van der Waals surface area contributed by atoms with Crippen molar-refractivity contribution >= 4 is 11.9 Å². The van der Waals surface area contributed by atoms with Gasteiger partial charge in [0.15, 0.2) is 0 Å². The van der Waals surface area contributed by atoms with Crippen LogP contribution in [0.1, 0.15) is 40.1 Å². The van der Waals surface area contributed by atoms with Gasteiger partial charge >= 0.3 is 11.6 Å². The first-order chi connectivity index (χ1) is 13.5. The summed E-state index contributed by atoms with van der Waals surface area (Å²) in [4.78, 5) is 38.4. The standard InChI is InChI=1S/C22H25NO5/c1-15-13-18(10-6-9-16-7-4-3-5-8-16)28-22(26)19(15)20(24)23-12-11-17(14-23)21(25)27-2/h3-5,7-8,13,17H,6,9-12,14H2,1-2H3. The molecule has 6 nitrogen and oxygen atoms in total. The molecule has 0 radical (unpaired) electrons. The number of rotatable bonds is 6. The molecule has 28 heavy (non-hydrogen) atoms. The maximum absolute atomic E-state index is 12.8. The SMILES string of the molecule is COC(=O)C1CCN(C(=O)c2c(C)cc(CCCc3ccccc3)oc2=O)C1. The summed E-state index contributed by atoms with van der Waals surface area (Å²) in [6.07, 6.45) is 2.92. The van der Waals surface area contributed by atoms with E-state index in [0.29, 0.717) is 30.7 Å². The second kappa shape index (κ2) is 8.87. The van der Waals surface area contributed by atoms with Crippen molar-refractivity contribution in [3.63, 3.8) is 0 Å². The van der Waals surface area contributed by atoms with Crippen molar-refractivity contribution in [2.24, 2.45) is 5.92 Å². The van der Waals surface area contributed by atoms with Gasteiger partial charge in [-0.1, -0.05) is 30.3 Å². The van der Waals surface area contributed by atoms with Gasteiger partial charge in [-0.25, -0.2) is 4.79 Å². The molecule has 0 aliphatic carbocycles. The number of methoxy groups -OCH3 is 1. The molecular weight excluding hydrogens is 358 g/mol. The molecule has 0 N–H and O–H groups in total. The summed E-state index contributed by atoms with van der Waals surface area (Å²) < 4.78 is 10.2. The largest absolute Gasteiger partial charge is 0.469 e. The molecule has 2 heterocycles. The molecule has 148 valence electrons. The molecule has 1 aliphatic rings. The number of carbonyl (C=O) groups excluding carboxylic acids is 2. The number of ether oxygens (including phenoxy) is 1. The predicted molar refractivity (Wildman–Crippen MR) is 104 cm³/mol. The maximum Gasteiger partial charge on any atom is 0.349 e. The highest BCUT2D eigenvalue weighted by atomic mass is 16.5. The Hall–Kier alpha value is -2.89. The highest BCUT2D eigenvalue weighted by Gasteiger charge is 2.33. The molecule has 0 saturated carbocycles. The molecule has 1 aromatic carbocycles. The molecule has 1 amide bonds. The molecule has 0 spiro atoms. The predicted octanol–water partition coefficient (Wildman–Crippen LogP) is 2.76. The smallest absolute Gasteiger partial charge is 0.349 e. The number of hydrogen-bond acceptors (Lipinski definition) is 5. The summed E-state index contributed by atoms with van der Waals surface area (Å²) in [6.45, 7) is 2.44. The van der Waals surface area contributed by atoms with Crippen LogP contribution in [0.4, 0.5) is 0 Å². The van der Waals surface area contributed by atoms with Gasteiger partial charge in [0.05, 0.1) is 13.0 Å². The Bertz CT molecular complexity index is 903. The van der Waals surface area contributed by atoms with Crippen molar-refractivity contribution in [3.05, 3.63) is 69.3 Å². The van der Waals surface area contributed by atoms with E-state index >= 15 is 0 Å². The molecule has 1 fully saturated rings. The fourth-order valence-electron chi connectivity index (χ4n) is 3.63. The lowest BCUT2D eigenvalue weighted by Crippen LogP contribution is -2.34.